The third-order valence-corrected chi connectivity index (χ3v) is 4.62. The molecule has 0 radical (unpaired) electrons. The SMILES string of the molecule is NC1CCCCC1CNS(=O)(=O)c1cnc[nH]1. The number of imidazole rings is 1. The Hall–Kier alpha value is -0.920. The van der Waals surface area contributed by atoms with E-state index in [4.69, 9.17) is 5.73 Å². The molecule has 7 heteroatoms. The molecule has 1 aliphatic rings. The molecule has 0 spiro atoms. The lowest BCUT2D eigenvalue weighted by atomic mass is 9.85. The van der Waals surface area contributed by atoms with Gasteiger partial charge in [-0.05, 0) is 18.8 Å². The molecule has 2 atom stereocenters. The second-order valence-electron chi connectivity index (χ2n) is 4.48. The fourth-order valence-corrected chi connectivity index (χ4v) is 3.17. The molecule has 2 unspecified atom stereocenters. The molecule has 6 nitrogen and oxygen atoms in total. The van der Waals surface area contributed by atoms with E-state index in [2.05, 4.69) is 14.7 Å². The van der Waals surface area contributed by atoms with Crippen molar-refractivity contribution in [2.75, 3.05) is 6.54 Å². The Kier molecular flexibility index (Phi) is 3.80. The van der Waals surface area contributed by atoms with Gasteiger partial charge >= 0.3 is 0 Å². The summed E-state index contributed by atoms with van der Waals surface area (Å²) in [6.45, 7) is 0.405. The van der Waals surface area contributed by atoms with Crippen LogP contribution in [0.1, 0.15) is 25.7 Å². The van der Waals surface area contributed by atoms with Crippen molar-refractivity contribution in [2.24, 2.45) is 11.7 Å². The van der Waals surface area contributed by atoms with Gasteiger partial charge in [0.05, 0.1) is 12.5 Å². The third kappa shape index (κ3) is 3.05. The lowest BCUT2D eigenvalue weighted by molar-refractivity contribution is 0.308. The quantitative estimate of drug-likeness (QED) is 0.718. The van der Waals surface area contributed by atoms with E-state index in [9.17, 15) is 8.42 Å². The predicted octanol–water partition coefficient (Wildman–Crippen LogP) is 0.205. The first-order valence-corrected chi connectivity index (χ1v) is 7.31. The average Bonchev–Trinajstić information content (AvgIpc) is 2.82. The number of sulfonamides is 1. The minimum atomic E-state index is -3.46. The van der Waals surface area contributed by atoms with Gasteiger partial charge in [0.2, 0.25) is 0 Å². The van der Waals surface area contributed by atoms with Crippen LogP contribution in [0, 0.1) is 5.92 Å². The molecule has 1 fully saturated rings. The second kappa shape index (κ2) is 5.16. The van der Waals surface area contributed by atoms with Gasteiger partial charge in [0.25, 0.3) is 10.0 Å². The molecule has 17 heavy (non-hydrogen) atoms. The Morgan fingerprint density at radius 2 is 2.24 bits per heavy atom. The number of hydrogen-bond acceptors (Lipinski definition) is 4. The zero-order valence-electron chi connectivity index (χ0n) is 9.59. The number of aromatic nitrogens is 2. The van der Waals surface area contributed by atoms with E-state index >= 15 is 0 Å². The van der Waals surface area contributed by atoms with Crippen LogP contribution in [0.3, 0.4) is 0 Å². The summed E-state index contributed by atoms with van der Waals surface area (Å²) in [5, 5.41) is 0.0990. The minimum absolute atomic E-state index is 0.0990. The van der Waals surface area contributed by atoms with Gasteiger partial charge in [-0.15, -0.1) is 0 Å². The summed E-state index contributed by atoms with van der Waals surface area (Å²) in [5.41, 5.74) is 5.97. The summed E-state index contributed by atoms with van der Waals surface area (Å²) >= 11 is 0. The second-order valence-corrected chi connectivity index (χ2v) is 6.21. The zero-order valence-corrected chi connectivity index (χ0v) is 10.4. The number of rotatable bonds is 4. The van der Waals surface area contributed by atoms with Crippen LogP contribution in [0.5, 0.6) is 0 Å². The Morgan fingerprint density at radius 3 is 2.88 bits per heavy atom. The molecule has 0 amide bonds. The van der Waals surface area contributed by atoms with Crippen molar-refractivity contribution in [3.05, 3.63) is 12.5 Å². The van der Waals surface area contributed by atoms with E-state index in [-0.39, 0.29) is 17.0 Å². The minimum Gasteiger partial charge on any atom is -0.335 e. The number of hydrogen-bond donors (Lipinski definition) is 3. The van der Waals surface area contributed by atoms with E-state index in [1.807, 2.05) is 0 Å². The van der Waals surface area contributed by atoms with Crippen LogP contribution in [-0.2, 0) is 10.0 Å². The van der Waals surface area contributed by atoms with E-state index in [0.717, 1.165) is 25.7 Å². The lowest BCUT2D eigenvalue weighted by Crippen LogP contribution is -2.41. The van der Waals surface area contributed by atoms with Crippen molar-refractivity contribution < 1.29 is 8.42 Å². The van der Waals surface area contributed by atoms with Gasteiger partial charge in [-0.25, -0.2) is 18.1 Å². The highest BCUT2D eigenvalue weighted by Crippen LogP contribution is 2.22. The largest absolute Gasteiger partial charge is 0.335 e. The van der Waals surface area contributed by atoms with Crippen molar-refractivity contribution in [1.29, 1.82) is 0 Å². The maximum absolute atomic E-state index is 11.8. The standard InChI is InChI=1S/C10H18N4O2S/c11-9-4-2-1-3-8(9)5-14-17(15,16)10-6-12-7-13-10/h6-9,14H,1-5,11H2,(H,12,13). The number of aromatic amines is 1. The molecule has 2 rings (SSSR count). The summed E-state index contributed by atoms with van der Waals surface area (Å²) in [5.74, 6) is 0.237. The molecule has 1 aromatic rings. The maximum Gasteiger partial charge on any atom is 0.257 e. The van der Waals surface area contributed by atoms with Gasteiger partial charge < -0.3 is 10.7 Å². The molecule has 4 N–H and O–H groups in total. The summed E-state index contributed by atoms with van der Waals surface area (Å²) in [6, 6.07) is 0.105. The van der Waals surface area contributed by atoms with Crippen molar-refractivity contribution in [2.45, 2.75) is 36.8 Å². The smallest absolute Gasteiger partial charge is 0.257 e. The molecule has 0 saturated heterocycles. The molecule has 0 aliphatic heterocycles. The normalized spacial score (nSPS) is 25.9. The number of nitrogens with zero attached hydrogens (tertiary/aromatic N) is 1. The van der Waals surface area contributed by atoms with Gasteiger partial charge in [0.1, 0.15) is 0 Å². The van der Waals surface area contributed by atoms with Crippen LogP contribution in [0.15, 0.2) is 17.6 Å². The summed E-state index contributed by atoms with van der Waals surface area (Å²) in [4.78, 5) is 6.28. The summed E-state index contributed by atoms with van der Waals surface area (Å²) in [7, 11) is -3.46. The van der Waals surface area contributed by atoms with Crippen LogP contribution in [0.4, 0.5) is 0 Å². The Labute approximate surface area is 101 Å². The van der Waals surface area contributed by atoms with Crippen molar-refractivity contribution in [1.82, 2.24) is 14.7 Å². The molecule has 1 heterocycles. The molecule has 1 saturated carbocycles. The number of nitrogens with one attached hydrogen (secondary N) is 2. The van der Waals surface area contributed by atoms with Crippen molar-refractivity contribution in [3.8, 4) is 0 Å². The van der Waals surface area contributed by atoms with Gasteiger partial charge in [-0.2, -0.15) is 0 Å². The molecule has 0 aromatic carbocycles. The van der Waals surface area contributed by atoms with E-state index < -0.39 is 10.0 Å². The highest BCUT2D eigenvalue weighted by Gasteiger charge is 2.24. The van der Waals surface area contributed by atoms with Crippen LogP contribution >= 0.6 is 0 Å². The maximum atomic E-state index is 11.8. The number of nitrogens with two attached hydrogens (primary N) is 1. The summed E-state index contributed by atoms with van der Waals surface area (Å²) < 4.78 is 26.2. The van der Waals surface area contributed by atoms with Crippen molar-refractivity contribution >= 4 is 10.0 Å². The highest BCUT2D eigenvalue weighted by molar-refractivity contribution is 7.89. The first-order valence-electron chi connectivity index (χ1n) is 5.83. The topological polar surface area (TPSA) is 101 Å². The first kappa shape index (κ1) is 12.5. The van der Waals surface area contributed by atoms with Crippen LogP contribution < -0.4 is 10.5 Å². The average molecular weight is 258 g/mol. The highest BCUT2D eigenvalue weighted by atomic mass is 32.2. The summed E-state index contributed by atoms with van der Waals surface area (Å²) in [6.07, 6.45) is 6.89. The molecular weight excluding hydrogens is 240 g/mol. The fraction of sp³-hybridized carbons (Fsp3) is 0.700. The third-order valence-electron chi connectivity index (χ3n) is 3.27. The van der Waals surface area contributed by atoms with E-state index in [1.165, 1.54) is 12.5 Å². The number of H-pyrrole nitrogens is 1. The molecular formula is C10H18N4O2S. The molecule has 1 aromatic heterocycles. The lowest BCUT2D eigenvalue weighted by Gasteiger charge is -2.28. The van der Waals surface area contributed by atoms with E-state index in [1.54, 1.807) is 0 Å². The Morgan fingerprint density at radius 1 is 1.47 bits per heavy atom. The monoisotopic (exact) mass is 258 g/mol. The molecule has 0 bridgehead atoms. The fourth-order valence-electron chi connectivity index (χ4n) is 2.17. The Bertz CT molecular complexity index is 443. The van der Waals surface area contributed by atoms with Gasteiger partial charge in [0, 0.05) is 12.6 Å². The zero-order chi connectivity index (χ0) is 12.3. The van der Waals surface area contributed by atoms with Crippen LogP contribution in [0.25, 0.3) is 0 Å². The van der Waals surface area contributed by atoms with Gasteiger partial charge in [-0.1, -0.05) is 12.8 Å². The molecule has 96 valence electrons. The van der Waals surface area contributed by atoms with Crippen LogP contribution in [0.2, 0.25) is 0 Å². The van der Waals surface area contributed by atoms with Crippen molar-refractivity contribution in [3.63, 3.8) is 0 Å². The predicted molar refractivity (Wildman–Crippen MR) is 63.7 cm³/mol. The Balaban J connectivity index is 1.93. The molecule has 1 aliphatic carbocycles. The van der Waals surface area contributed by atoms with Gasteiger partial charge in [0.15, 0.2) is 5.03 Å². The van der Waals surface area contributed by atoms with E-state index in [0.29, 0.717) is 6.54 Å². The van der Waals surface area contributed by atoms with Gasteiger partial charge in [-0.3, -0.25) is 0 Å². The van der Waals surface area contributed by atoms with Crippen LogP contribution in [-0.4, -0.2) is 31.0 Å². The first-order chi connectivity index (χ1) is 8.09.